The lowest BCUT2D eigenvalue weighted by molar-refractivity contribution is 0.188. The fraction of sp³-hybridized carbons (Fsp3) is 0.500. The van der Waals surface area contributed by atoms with E-state index >= 15 is 0 Å². The topological polar surface area (TPSA) is 19.6 Å². The standard InChI is InChI=1S/C64H77BN2O/c1-57(2,3)38-17-19-40(20-18-38)66-50-36-46-45(61(11,12)25-26-62(46,13)14)35-49(50)65-54-42-34-47-48(64(16)29-27-63(47,15)28-30-64)37-53(42)68-56(54)67(52-32-39(58(4,5)6)31-51(66)55(52)65)41-21-22-43-44(33-41)60(9,10)24-23-59(43,7)8/h17-22,31-37H,23-30H2,1-16H3. The second kappa shape index (κ2) is 13.6. The minimum absolute atomic E-state index is 0.0250. The molecule has 0 N–H and O–H groups in total. The number of anilines is 6. The highest BCUT2D eigenvalue weighted by Crippen LogP contribution is 2.59. The Kier molecular flexibility index (Phi) is 8.89. The number of benzene rings is 5. The summed E-state index contributed by atoms with van der Waals surface area (Å²) in [6, 6.07) is 32.7. The minimum Gasteiger partial charge on any atom is -0.440 e. The Hall–Kier alpha value is -4.70. The van der Waals surface area contributed by atoms with Crippen molar-refractivity contribution >= 4 is 68.4 Å². The van der Waals surface area contributed by atoms with Crippen LogP contribution in [0, 0.1) is 0 Å². The van der Waals surface area contributed by atoms with E-state index in [-0.39, 0.29) is 50.0 Å². The normalized spacial score (nSPS) is 24.5. The van der Waals surface area contributed by atoms with Gasteiger partial charge in [0.1, 0.15) is 5.58 Å². The molecule has 6 aromatic rings. The predicted octanol–water partition coefficient (Wildman–Crippen LogP) is 15.9. The van der Waals surface area contributed by atoms with Crippen molar-refractivity contribution in [1.82, 2.24) is 0 Å². The molecule has 4 heteroatoms. The zero-order valence-electron chi connectivity index (χ0n) is 44.5. The average Bonchev–Trinajstić information content (AvgIpc) is 3.64. The van der Waals surface area contributed by atoms with Crippen LogP contribution in [0.1, 0.15) is 207 Å². The van der Waals surface area contributed by atoms with E-state index in [2.05, 4.69) is 199 Å². The first-order valence-electron chi connectivity index (χ1n) is 26.5. The third-order valence-corrected chi connectivity index (χ3v) is 19.5. The van der Waals surface area contributed by atoms with Crippen molar-refractivity contribution in [2.24, 2.45) is 0 Å². The summed E-state index contributed by atoms with van der Waals surface area (Å²) < 4.78 is 7.70. The fourth-order valence-corrected chi connectivity index (χ4v) is 14.3. The lowest BCUT2D eigenvalue weighted by Gasteiger charge is -2.52. The summed E-state index contributed by atoms with van der Waals surface area (Å²) in [5, 5.41) is 1.30. The van der Waals surface area contributed by atoms with Crippen LogP contribution in [0.4, 0.5) is 34.3 Å². The number of hydrogen-bond acceptors (Lipinski definition) is 3. The van der Waals surface area contributed by atoms with Gasteiger partial charge in [0.05, 0.1) is 0 Å². The monoisotopic (exact) mass is 901 g/mol. The van der Waals surface area contributed by atoms with Crippen LogP contribution in [-0.4, -0.2) is 6.71 Å². The Morgan fingerprint density at radius 2 is 0.912 bits per heavy atom. The molecule has 68 heavy (non-hydrogen) atoms. The molecule has 1 saturated carbocycles. The molecule has 5 aromatic carbocycles. The maximum atomic E-state index is 7.70. The smallest absolute Gasteiger partial charge is 0.257 e. The van der Waals surface area contributed by atoms with Crippen molar-refractivity contribution in [3.8, 4) is 0 Å². The van der Waals surface area contributed by atoms with E-state index in [4.69, 9.17) is 4.42 Å². The maximum Gasteiger partial charge on any atom is 0.257 e. The van der Waals surface area contributed by atoms with Gasteiger partial charge in [-0.3, -0.25) is 4.90 Å². The molecule has 0 spiro atoms. The van der Waals surface area contributed by atoms with Gasteiger partial charge < -0.3 is 9.32 Å². The highest BCUT2D eigenvalue weighted by molar-refractivity contribution is 7.01. The molecule has 1 aromatic heterocycles. The third kappa shape index (κ3) is 6.16. The molecule has 0 unspecified atom stereocenters. The average molecular weight is 901 g/mol. The predicted molar refractivity (Wildman–Crippen MR) is 291 cm³/mol. The molecule has 5 aliphatic carbocycles. The van der Waals surface area contributed by atoms with Crippen LogP contribution in [0.2, 0.25) is 0 Å². The van der Waals surface area contributed by atoms with Gasteiger partial charge in [0.2, 0.25) is 5.88 Å². The van der Waals surface area contributed by atoms with Crippen molar-refractivity contribution in [1.29, 1.82) is 0 Å². The largest absolute Gasteiger partial charge is 0.440 e. The SMILES string of the molecule is CC(C)(C)c1ccc(N2c3cc4c(cc3B3c5c2cc(C(C)(C)C)cc5N(c2ccc5c(c2)C(C)(C)CCC5(C)C)c2oc5cc6c(cc5c23)C2(C)CCC6(C)CC2)C(C)(C)CCC4(C)C)cc1. The molecule has 13 rings (SSSR count). The van der Waals surface area contributed by atoms with Crippen molar-refractivity contribution in [3.63, 3.8) is 0 Å². The van der Waals surface area contributed by atoms with E-state index in [1.807, 2.05) is 0 Å². The number of hydrogen-bond donors (Lipinski definition) is 0. The molecular weight excluding hydrogens is 824 g/mol. The Morgan fingerprint density at radius 1 is 0.426 bits per heavy atom. The molecular formula is C64H77BN2O. The van der Waals surface area contributed by atoms with Gasteiger partial charge in [0.15, 0.2) is 0 Å². The van der Waals surface area contributed by atoms with Gasteiger partial charge in [-0.15, -0.1) is 0 Å². The van der Waals surface area contributed by atoms with Crippen molar-refractivity contribution in [2.45, 2.75) is 205 Å². The van der Waals surface area contributed by atoms with Gasteiger partial charge in [-0.1, -0.05) is 135 Å². The molecule has 3 nitrogen and oxygen atoms in total. The molecule has 352 valence electrons. The quantitative estimate of drug-likeness (QED) is 0.161. The third-order valence-electron chi connectivity index (χ3n) is 19.5. The number of furan rings is 1. The van der Waals surface area contributed by atoms with E-state index in [1.54, 1.807) is 5.56 Å². The van der Waals surface area contributed by atoms with E-state index in [0.29, 0.717) is 0 Å². The Labute approximate surface area is 409 Å². The lowest BCUT2D eigenvalue weighted by atomic mass is 9.33. The number of nitrogens with zero attached hydrogens (tertiary/aromatic N) is 2. The summed E-state index contributed by atoms with van der Waals surface area (Å²) in [5.41, 5.74) is 23.8. The Balaban J connectivity index is 1.23. The van der Waals surface area contributed by atoms with Gasteiger partial charge >= 0.3 is 0 Å². The van der Waals surface area contributed by atoms with Crippen LogP contribution in [0.5, 0.6) is 0 Å². The first kappa shape index (κ1) is 44.5. The van der Waals surface area contributed by atoms with E-state index in [0.717, 1.165) is 11.5 Å². The molecule has 0 atom stereocenters. The highest BCUT2D eigenvalue weighted by Gasteiger charge is 2.52. The van der Waals surface area contributed by atoms with Gasteiger partial charge in [0.25, 0.3) is 6.71 Å². The molecule has 2 aliphatic heterocycles. The Bertz CT molecular complexity index is 3130. The summed E-state index contributed by atoms with van der Waals surface area (Å²) in [4.78, 5) is 5.27. The van der Waals surface area contributed by atoms with Crippen molar-refractivity contribution in [3.05, 3.63) is 123 Å². The van der Waals surface area contributed by atoms with Gasteiger partial charge in [-0.25, -0.2) is 0 Å². The van der Waals surface area contributed by atoms with Crippen LogP contribution in [0.3, 0.4) is 0 Å². The second-order valence-corrected chi connectivity index (χ2v) is 28.1. The van der Waals surface area contributed by atoms with Crippen LogP contribution in [0.25, 0.3) is 11.0 Å². The van der Waals surface area contributed by atoms with Gasteiger partial charge in [-0.05, 0) is 205 Å². The molecule has 0 radical (unpaired) electrons. The second-order valence-electron chi connectivity index (χ2n) is 28.1. The summed E-state index contributed by atoms with van der Waals surface area (Å²) in [7, 11) is 0. The Morgan fingerprint density at radius 3 is 1.47 bits per heavy atom. The molecule has 0 amide bonds. The van der Waals surface area contributed by atoms with E-state index in [9.17, 15) is 0 Å². The van der Waals surface area contributed by atoms with Crippen LogP contribution in [0.15, 0.2) is 83.3 Å². The van der Waals surface area contributed by atoms with Crippen molar-refractivity contribution in [2.75, 3.05) is 9.80 Å². The summed E-state index contributed by atoms with van der Waals surface area (Å²) >= 11 is 0. The van der Waals surface area contributed by atoms with E-state index < -0.39 is 0 Å². The molecule has 0 saturated heterocycles. The van der Waals surface area contributed by atoms with Gasteiger partial charge in [-0.2, -0.15) is 0 Å². The summed E-state index contributed by atoms with van der Waals surface area (Å²) in [6.07, 6.45) is 9.72. The molecule has 1 fully saturated rings. The summed E-state index contributed by atoms with van der Waals surface area (Å²) in [5.74, 6) is 0.999. The van der Waals surface area contributed by atoms with Crippen LogP contribution < -0.4 is 26.2 Å². The fourth-order valence-electron chi connectivity index (χ4n) is 14.3. The zero-order valence-corrected chi connectivity index (χ0v) is 44.5. The highest BCUT2D eigenvalue weighted by atomic mass is 16.4. The molecule has 2 bridgehead atoms. The minimum atomic E-state index is -0.115. The molecule has 7 aliphatic rings. The van der Waals surface area contributed by atoms with E-state index in [1.165, 1.54) is 141 Å². The van der Waals surface area contributed by atoms with Crippen LogP contribution in [-0.2, 0) is 43.3 Å². The first-order valence-corrected chi connectivity index (χ1v) is 26.5. The zero-order chi connectivity index (χ0) is 48.3. The van der Waals surface area contributed by atoms with Gasteiger partial charge in [0, 0.05) is 39.3 Å². The first-order chi connectivity index (χ1) is 31.6. The lowest BCUT2D eigenvalue weighted by Crippen LogP contribution is -2.61. The van der Waals surface area contributed by atoms with Crippen LogP contribution >= 0.6 is 0 Å². The van der Waals surface area contributed by atoms with Crippen molar-refractivity contribution < 1.29 is 4.42 Å². The number of rotatable bonds is 2. The maximum absolute atomic E-state index is 7.70. The summed E-state index contributed by atoms with van der Waals surface area (Å²) in [6.45, 7) is 39.0. The molecule has 3 heterocycles. The number of fused-ring (bicyclic) bond motifs is 10.